The Bertz CT molecular complexity index is 347. The van der Waals surface area contributed by atoms with Crippen molar-refractivity contribution in [3.8, 4) is 0 Å². The summed E-state index contributed by atoms with van der Waals surface area (Å²) in [6.45, 7) is 3.90. The third-order valence-electron chi connectivity index (χ3n) is 2.08. The second-order valence-corrected chi connectivity index (χ2v) is 3.86. The van der Waals surface area contributed by atoms with E-state index in [9.17, 15) is 4.79 Å². The van der Waals surface area contributed by atoms with Gasteiger partial charge in [-0.1, -0.05) is 33.6 Å². The Hall–Kier alpha value is -0.340. The number of hydrogen-bond donors (Lipinski definition) is 0. The molecular formula is C10H10BrClO. The van der Waals surface area contributed by atoms with Crippen molar-refractivity contribution in [3.63, 3.8) is 0 Å². The van der Waals surface area contributed by atoms with Crippen molar-refractivity contribution < 1.29 is 4.79 Å². The van der Waals surface area contributed by atoms with Crippen molar-refractivity contribution in [2.45, 2.75) is 13.8 Å². The van der Waals surface area contributed by atoms with Gasteiger partial charge in [0.15, 0.2) is 5.78 Å². The monoisotopic (exact) mass is 260 g/mol. The summed E-state index contributed by atoms with van der Waals surface area (Å²) in [6, 6.07) is 3.69. The fourth-order valence-electron chi connectivity index (χ4n) is 1.07. The van der Waals surface area contributed by atoms with Crippen LogP contribution in [0.15, 0.2) is 12.1 Å². The zero-order chi connectivity index (χ0) is 10.0. The van der Waals surface area contributed by atoms with E-state index in [0.717, 1.165) is 11.1 Å². The number of rotatable bonds is 2. The fraction of sp³-hybridized carbons (Fsp3) is 0.300. The third-order valence-corrected chi connectivity index (χ3v) is 3.08. The van der Waals surface area contributed by atoms with Gasteiger partial charge in [0.2, 0.25) is 0 Å². The van der Waals surface area contributed by atoms with Gasteiger partial charge in [0.1, 0.15) is 0 Å². The Morgan fingerprint density at radius 3 is 2.62 bits per heavy atom. The lowest BCUT2D eigenvalue weighted by Crippen LogP contribution is -2.02. The van der Waals surface area contributed by atoms with Gasteiger partial charge in [-0.15, -0.1) is 0 Å². The fourth-order valence-corrected chi connectivity index (χ4v) is 1.69. The number of carbonyl (C=O) groups excluding carboxylic acids is 1. The van der Waals surface area contributed by atoms with Crippen LogP contribution in [0.4, 0.5) is 0 Å². The Kier molecular flexibility index (Phi) is 3.51. The molecule has 0 fully saturated rings. The molecule has 0 radical (unpaired) electrons. The molecule has 3 heteroatoms. The number of halogens is 2. The summed E-state index contributed by atoms with van der Waals surface area (Å²) in [5.41, 5.74) is 2.69. The van der Waals surface area contributed by atoms with E-state index in [2.05, 4.69) is 15.9 Å². The van der Waals surface area contributed by atoms with Crippen LogP contribution in [0.5, 0.6) is 0 Å². The molecule has 1 rings (SSSR count). The zero-order valence-corrected chi connectivity index (χ0v) is 9.87. The van der Waals surface area contributed by atoms with Crippen LogP contribution in [0.2, 0.25) is 5.02 Å². The number of aryl methyl sites for hydroxylation is 1. The summed E-state index contributed by atoms with van der Waals surface area (Å²) in [7, 11) is 0. The Morgan fingerprint density at radius 2 is 2.08 bits per heavy atom. The molecule has 0 aliphatic carbocycles. The van der Waals surface area contributed by atoms with Crippen LogP contribution in [0.1, 0.15) is 21.5 Å². The molecule has 0 aliphatic rings. The zero-order valence-electron chi connectivity index (χ0n) is 7.53. The first-order valence-electron chi connectivity index (χ1n) is 3.92. The van der Waals surface area contributed by atoms with Crippen LogP contribution in [0.3, 0.4) is 0 Å². The summed E-state index contributed by atoms with van der Waals surface area (Å²) >= 11 is 9.15. The van der Waals surface area contributed by atoms with Crippen LogP contribution in [-0.2, 0) is 0 Å². The molecule has 0 atom stereocenters. The van der Waals surface area contributed by atoms with Gasteiger partial charge >= 0.3 is 0 Å². The van der Waals surface area contributed by atoms with Crippen molar-refractivity contribution in [2.24, 2.45) is 0 Å². The van der Waals surface area contributed by atoms with Gasteiger partial charge in [-0.05, 0) is 31.0 Å². The largest absolute Gasteiger partial charge is 0.293 e. The summed E-state index contributed by atoms with van der Waals surface area (Å²) in [4.78, 5) is 11.4. The third kappa shape index (κ3) is 2.12. The first-order valence-corrected chi connectivity index (χ1v) is 5.42. The van der Waals surface area contributed by atoms with E-state index in [1.807, 2.05) is 19.9 Å². The van der Waals surface area contributed by atoms with E-state index in [1.165, 1.54) is 0 Å². The van der Waals surface area contributed by atoms with Crippen molar-refractivity contribution in [2.75, 3.05) is 5.33 Å². The Balaban J connectivity index is 3.26. The molecule has 1 aromatic carbocycles. The molecular weight excluding hydrogens is 251 g/mol. The number of hydrogen-bond acceptors (Lipinski definition) is 1. The SMILES string of the molecule is Cc1ccc(C(=O)CBr)c(Cl)c1C. The van der Waals surface area contributed by atoms with E-state index in [1.54, 1.807) is 6.07 Å². The standard InChI is InChI=1S/C10H10BrClO/c1-6-3-4-8(9(13)5-11)10(12)7(6)2/h3-4H,5H2,1-2H3. The molecule has 0 unspecified atom stereocenters. The summed E-state index contributed by atoms with van der Waals surface area (Å²) in [6.07, 6.45) is 0. The van der Waals surface area contributed by atoms with Crippen molar-refractivity contribution >= 4 is 33.3 Å². The van der Waals surface area contributed by atoms with Gasteiger partial charge < -0.3 is 0 Å². The molecule has 0 bridgehead atoms. The second kappa shape index (κ2) is 4.25. The normalized spacial score (nSPS) is 10.2. The van der Waals surface area contributed by atoms with Crippen LogP contribution in [0, 0.1) is 13.8 Å². The molecule has 0 heterocycles. The van der Waals surface area contributed by atoms with Gasteiger partial charge in [0, 0.05) is 5.56 Å². The van der Waals surface area contributed by atoms with E-state index in [-0.39, 0.29) is 5.78 Å². The van der Waals surface area contributed by atoms with Crippen LogP contribution >= 0.6 is 27.5 Å². The molecule has 0 aromatic heterocycles. The van der Waals surface area contributed by atoms with Gasteiger partial charge in [-0.3, -0.25) is 4.79 Å². The predicted octanol–water partition coefficient (Wildman–Crippen LogP) is 3.53. The first kappa shape index (κ1) is 10.7. The average molecular weight is 262 g/mol. The highest BCUT2D eigenvalue weighted by atomic mass is 79.9. The van der Waals surface area contributed by atoms with Crippen LogP contribution in [0.25, 0.3) is 0 Å². The highest BCUT2D eigenvalue weighted by Crippen LogP contribution is 2.24. The molecule has 1 nitrogen and oxygen atoms in total. The molecule has 13 heavy (non-hydrogen) atoms. The van der Waals surface area contributed by atoms with Gasteiger partial charge in [-0.2, -0.15) is 0 Å². The van der Waals surface area contributed by atoms with E-state index in [0.29, 0.717) is 15.9 Å². The minimum absolute atomic E-state index is 0.0214. The second-order valence-electron chi connectivity index (χ2n) is 2.93. The lowest BCUT2D eigenvalue weighted by molar-refractivity contribution is 0.102. The molecule has 1 aromatic rings. The maximum absolute atomic E-state index is 11.4. The number of Topliss-reactive ketones (excluding diaryl/α,β-unsaturated/α-hetero) is 1. The molecule has 0 aliphatic heterocycles. The predicted molar refractivity (Wildman–Crippen MR) is 59.1 cm³/mol. The van der Waals surface area contributed by atoms with E-state index < -0.39 is 0 Å². The maximum Gasteiger partial charge on any atom is 0.174 e. The molecule has 70 valence electrons. The topological polar surface area (TPSA) is 17.1 Å². The number of ketones is 1. The van der Waals surface area contributed by atoms with Crippen LogP contribution in [-0.4, -0.2) is 11.1 Å². The van der Waals surface area contributed by atoms with Gasteiger partial charge in [0.05, 0.1) is 10.4 Å². The molecule has 0 amide bonds. The number of benzene rings is 1. The first-order chi connectivity index (χ1) is 6.07. The molecule has 0 spiro atoms. The molecule has 0 saturated carbocycles. The van der Waals surface area contributed by atoms with E-state index >= 15 is 0 Å². The molecule has 0 saturated heterocycles. The smallest absolute Gasteiger partial charge is 0.174 e. The van der Waals surface area contributed by atoms with Crippen molar-refractivity contribution in [1.29, 1.82) is 0 Å². The lowest BCUT2D eigenvalue weighted by atomic mass is 10.0. The highest BCUT2D eigenvalue weighted by Gasteiger charge is 2.11. The Morgan fingerprint density at radius 1 is 1.46 bits per heavy atom. The van der Waals surface area contributed by atoms with Crippen LogP contribution < -0.4 is 0 Å². The highest BCUT2D eigenvalue weighted by molar-refractivity contribution is 9.09. The van der Waals surface area contributed by atoms with Crippen molar-refractivity contribution in [1.82, 2.24) is 0 Å². The minimum Gasteiger partial charge on any atom is -0.293 e. The maximum atomic E-state index is 11.4. The van der Waals surface area contributed by atoms with Gasteiger partial charge in [-0.25, -0.2) is 0 Å². The average Bonchev–Trinajstić information content (AvgIpc) is 2.13. The number of carbonyl (C=O) groups is 1. The summed E-state index contributed by atoms with van der Waals surface area (Å²) in [5.74, 6) is 0.0214. The van der Waals surface area contributed by atoms with Crippen molar-refractivity contribution in [3.05, 3.63) is 33.8 Å². The van der Waals surface area contributed by atoms with E-state index in [4.69, 9.17) is 11.6 Å². The lowest BCUT2D eigenvalue weighted by Gasteiger charge is -2.06. The molecule has 0 N–H and O–H groups in total. The quantitative estimate of drug-likeness (QED) is 0.588. The van der Waals surface area contributed by atoms with Gasteiger partial charge in [0.25, 0.3) is 0 Å². The summed E-state index contributed by atoms with van der Waals surface area (Å²) in [5, 5.41) is 0.888. The minimum atomic E-state index is 0.0214. The summed E-state index contributed by atoms with van der Waals surface area (Å²) < 4.78 is 0. The number of alkyl halides is 1. The Labute approximate surface area is 91.2 Å².